The number of esters is 1. The van der Waals surface area contributed by atoms with Crippen molar-refractivity contribution in [1.29, 1.82) is 0 Å². The fourth-order valence-corrected chi connectivity index (χ4v) is 4.44. The topological polar surface area (TPSA) is 86.1 Å². The van der Waals surface area contributed by atoms with Gasteiger partial charge < -0.3 is 18.8 Å². The first-order valence-corrected chi connectivity index (χ1v) is 9.80. The second-order valence-corrected chi connectivity index (χ2v) is 7.43. The summed E-state index contributed by atoms with van der Waals surface area (Å²) < 4.78 is 15.9. The number of benzene rings is 1. The number of methoxy groups -OCH3 is 1. The molecule has 0 bridgehead atoms. The predicted octanol–water partition coefficient (Wildman–Crippen LogP) is 3.07. The molecule has 1 amide bonds. The normalized spacial score (nSPS) is 19.9. The molecule has 0 saturated carbocycles. The molecule has 1 fully saturated rings. The Morgan fingerprint density at radius 2 is 1.93 bits per heavy atom. The maximum Gasteiger partial charge on any atom is 0.330 e. The van der Waals surface area contributed by atoms with Gasteiger partial charge in [-0.25, -0.2) is 4.79 Å². The number of furan rings is 1. The molecule has 2 heterocycles. The van der Waals surface area contributed by atoms with Gasteiger partial charge in [0.1, 0.15) is 22.9 Å². The summed E-state index contributed by atoms with van der Waals surface area (Å²) in [6.07, 6.45) is 0.553. The Morgan fingerprint density at radius 3 is 2.50 bits per heavy atom. The zero-order valence-corrected chi connectivity index (χ0v) is 16.6. The van der Waals surface area contributed by atoms with Crippen molar-refractivity contribution in [3.63, 3.8) is 0 Å². The molecule has 0 radical (unpaired) electrons. The van der Waals surface area contributed by atoms with Crippen LogP contribution in [0.15, 0.2) is 47.1 Å². The van der Waals surface area contributed by atoms with E-state index in [0.29, 0.717) is 22.8 Å². The van der Waals surface area contributed by atoms with Gasteiger partial charge in [0.2, 0.25) is 11.7 Å². The zero-order valence-electron chi connectivity index (χ0n) is 15.8. The molecule has 1 aliphatic heterocycles. The van der Waals surface area contributed by atoms with Crippen molar-refractivity contribution in [2.75, 3.05) is 12.9 Å². The number of thioether (sulfide) groups is 1. The minimum atomic E-state index is -0.970. The van der Waals surface area contributed by atoms with Crippen LogP contribution in [0.1, 0.15) is 35.3 Å². The molecule has 0 spiro atoms. The summed E-state index contributed by atoms with van der Waals surface area (Å²) in [6, 6.07) is 9.29. The number of carbonyl (C=O) groups is 3. The lowest BCUT2D eigenvalue weighted by atomic mass is 10.1. The van der Waals surface area contributed by atoms with E-state index < -0.39 is 23.5 Å². The van der Waals surface area contributed by atoms with E-state index in [4.69, 9.17) is 13.9 Å². The van der Waals surface area contributed by atoms with Crippen LogP contribution in [0.5, 0.6) is 5.75 Å². The summed E-state index contributed by atoms with van der Waals surface area (Å²) >= 11 is 1.42. The first kappa shape index (κ1) is 20.0. The van der Waals surface area contributed by atoms with Crippen molar-refractivity contribution in [3.05, 3.63) is 54.0 Å². The Morgan fingerprint density at radius 1 is 1.21 bits per heavy atom. The largest absolute Gasteiger partial charge is 0.497 e. The molecule has 8 heteroatoms. The van der Waals surface area contributed by atoms with E-state index in [-0.39, 0.29) is 11.7 Å². The molecule has 2 aromatic rings. The number of ketones is 1. The average Bonchev–Trinajstić information content (AvgIpc) is 3.36. The molecule has 0 unspecified atom stereocenters. The lowest BCUT2D eigenvalue weighted by Gasteiger charge is -2.26. The summed E-state index contributed by atoms with van der Waals surface area (Å²) in [5.41, 5.74) is 0.416. The molecular weight excluding hydrogens is 382 g/mol. The molecular formula is C20H21NO6S. The van der Waals surface area contributed by atoms with Gasteiger partial charge in [0, 0.05) is 18.2 Å². The molecule has 0 N–H and O–H groups in total. The van der Waals surface area contributed by atoms with Gasteiger partial charge in [-0.05, 0) is 43.3 Å². The van der Waals surface area contributed by atoms with Crippen LogP contribution in [0.4, 0.5) is 0 Å². The summed E-state index contributed by atoms with van der Waals surface area (Å²) in [7, 11) is 1.54. The first-order chi connectivity index (χ1) is 13.4. The lowest BCUT2D eigenvalue weighted by Crippen LogP contribution is -2.44. The monoisotopic (exact) mass is 403 g/mol. The number of amides is 1. The summed E-state index contributed by atoms with van der Waals surface area (Å²) in [4.78, 5) is 38.8. The van der Waals surface area contributed by atoms with Crippen LogP contribution in [0.25, 0.3) is 0 Å². The molecule has 148 valence electrons. The number of Topliss-reactive ketones (excluding diaryl/α,β-unsaturated/α-hetero) is 1. The minimum Gasteiger partial charge on any atom is -0.497 e. The van der Waals surface area contributed by atoms with E-state index in [1.54, 1.807) is 36.4 Å². The fraction of sp³-hybridized carbons (Fsp3) is 0.350. The SMILES string of the molecule is COc1ccc(C(=O)[C@@H](C)OC(=O)[C@@H]2CS[C@H](c3ccco3)N2C(C)=O)cc1. The highest BCUT2D eigenvalue weighted by Crippen LogP contribution is 2.41. The van der Waals surface area contributed by atoms with E-state index in [1.807, 2.05) is 0 Å². The second-order valence-electron chi connectivity index (χ2n) is 6.32. The number of rotatable bonds is 6. The number of ether oxygens (including phenoxy) is 2. The van der Waals surface area contributed by atoms with Gasteiger partial charge in [-0.2, -0.15) is 0 Å². The van der Waals surface area contributed by atoms with Crippen molar-refractivity contribution in [1.82, 2.24) is 4.90 Å². The Bertz CT molecular complexity index is 848. The molecule has 1 saturated heterocycles. The maximum atomic E-state index is 12.7. The third kappa shape index (κ3) is 4.06. The van der Waals surface area contributed by atoms with E-state index in [9.17, 15) is 14.4 Å². The number of nitrogens with zero attached hydrogens (tertiary/aromatic N) is 1. The van der Waals surface area contributed by atoms with Gasteiger partial charge in [-0.3, -0.25) is 9.59 Å². The fourth-order valence-electron chi connectivity index (χ4n) is 3.02. The van der Waals surface area contributed by atoms with Crippen molar-refractivity contribution < 1.29 is 28.3 Å². The Kier molecular flexibility index (Phi) is 6.08. The van der Waals surface area contributed by atoms with E-state index in [1.165, 1.54) is 43.9 Å². The molecule has 1 aromatic heterocycles. The molecule has 3 atom stereocenters. The summed E-state index contributed by atoms with van der Waals surface area (Å²) in [5, 5.41) is -0.391. The van der Waals surface area contributed by atoms with Crippen LogP contribution >= 0.6 is 11.8 Å². The average molecular weight is 403 g/mol. The first-order valence-electron chi connectivity index (χ1n) is 8.75. The van der Waals surface area contributed by atoms with Crippen LogP contribution in [0.3, 0.4) is 0 Å². The Balaban J connectivity index is 1.68. The predicted molar refractivity (Wildman–Crippen MR) is 103 cm³/mol. The third-order valence-corrected chi connectivity index (χ3v) is 5.74. The zero-order chi connectivity index (χ0) is 20.3. The van der Waals surface area contributed by atoms with Crippen LogP contribution in [0, 0.1) is 0 Å². The molecule has 1 aliphatic rings. The van der Waals surface area contributed by atoms with Gasteiger partial charge in [-0.1, -0.05) is 0 Å². The van der Waals surface area contributed by atoms with Gasteiger partial charge >= 0.3 is 5.97 Å². The van der Waals surface area contributed by atoms with Gasteiger partial charge in [0.15, 0.2) is 6.10 Å². The van der Waals surface area contributed by atoms with E-state index >= 15 is 0 Å². The molecule has 1 aromatic carbocycles. The number of carbonyl (C=O) groups excluding carboxylic acids is 3. The van der Waals surface area contributed by atoms with Crippen molar-refractivity contribution in [3.8, 4) is 5.75 Å². The number of hydrogen-bond acceptors (Lipinski definition) is 7. The van der Waals surface area contributed by atoms with Crippen LogP contribution < -0.4 is 4.74 Å². The number of hydrogen-bond donors (Lipinski definition) is 0. The van der Waals surface area contributed by atoms with Crippen molar-refractivity contribution in [2.24, 2.45) is 0 Å². The standard InChI is InChI=1S/C20H21NO6S/c1-12(18(23)14-6-8-15(25-3)9-7-14)27-20(24)16-11-28-19(21(16)13(2)22)17-5-4-10-26-17/h4-10,12,16,19H,11H2,1-3H3/t12-,16+,19-/m1/s1. The van der Waals surface area contributed by atoms with E-state index in [0.717, 1.165) is 0 Å². The minimum absolute atomic E-state index is 0.262. The highest BCUT2D eigenvalue weighted by molar-refractivity contribution is 7.99. The Hall–Kier alpha value is -2.74. The van der Waals surface area contributed by atoms with Gasteiger partial charge in [0.05, 0.1) is 13.4 Å². The van der Waals surface area contributed by atoms with E-state index in [2.05, 4.69) is 0 Å². The van der Waals surface area contributed by atoms with Crippen molar-refractivity contribution >= 4 is 29.4 Å². The maximum absolute atomic E-state index is 12.7. The molecule has 3 rings (SSSR count). The lowest BCUT2D eigenvalue weighted by molar-refractivity contribution is -0.155. The van der Waals surface area contributed by atoms with Crippen LogP contribution in [-0.2, 0) is 14.3 Å². The van der Waals surface area contributed by atoms with Gasteiger partial charge in [-0.15, -0.1) is 11.8 Å². The van der Waals surface area contributed by atoms with Crippen LogP contribution in [-0.4, -0.2) is 47.6 Å². The summed E-state index contributed by atoms with van der Waals surface area (Å²) in [6.45, 7) is 2.92. The quantitative estimate of drug-likeness (QED) is 0.541. The highest BCUT2D eigenvalue weighted by Gasteiger charge is 2.43. The highest BCUT2D eigenvalue weighted by atomic mass is 32.2. The molecule has 7 nitrogen and oxygen atoms in total. The van der Waals surface area contributed by atoms with Gasteiger partial charge in [0.25, 0.3) is 0 Å². The van der Waals surface area contributed by atoms with Crippen molar-refractivity contribution in [2.45, 2.75) is 31.4 Å². The molecule has 0 aliphatic carbocycles. The smallest absolute Gasteiger partial charge is 0.330 e. The second kappa shape index (κ2) is 8.52. The Labute approximate surface area is 167 Å². The van der Waals surface area contributed by atoms with Crippen LogP contribution in [0.2, 0.25) is 0 Å². The summed E-state index contributed by atoms with van der Waals surface area (Å²) in [5.74, 6) is 0.406. The molecule has 28 heavy (non-hydrogen) atoms. The third-order valence-electron chi connectivity index (χ3n) is 4.46.